The molecule has 184 valence electrons. The molecule has 35 heavy (non-hydrogen) atoms. The Morgan fingerprint density at radius 2 is 1.97 bits per heavy atom. The number of carbonyl (C=O) groups excluding carboxylic acids is 1. The topological polar surface area (TPSA) is 83.0 Å². The van der Waals surface area contributed by atoms with Crippen LogP contribution in [-0.4, -0.2) is 66.1 Å². The van der Waals surface area contributed by atoms with E-state index in [4.69, 9.17) is 30.5 Å². The van der Waals surface area contributed by atoms with Crippen molar-refractivity contribution in [3.63, 3.8) is 0 Å². The zero-order valence-corrected chi connectivity index (χ0v) is 21.1. The van der Waals surface area contributed by atoms with Gasteiger partial charge in [0.25, 0.3) is 0 Å². The zero-order valence-electron chi connectivity index (χ0n) is 19.5. The summed E-state index contributed by atoms with van der Waals surface area (Å²) in [6, 6.07) is 5.61. The molecule has 8 nitrogen and oxygen atoms in total. The number of halogens is 1. The van der Waals surface area contributed by atoms with Crippen LogP contribution < -0.4 is 9.47 Å². The number of methoxy groups -OCH3 is 1. The highest BCUT2D eigenvalue weighted by Gasteiger charge is 2.47. The van der Waals surface area contributed by atoms with E-state index in [9.17, 15) is 4.79 Å². The van der Waals surface area contributed by atoms with E-state index in [2.05, 4.69) is 9.97 Å². The van der Waals surface area contributed by atoms with E-state index in [1.807, 2.05) is 29.3 Å². The van der Waals surface area contributed by atoms with Gasteiger partial charge in [0.2, 0.25) is 5.88 Å². The second-order valence-electron chi connectivity index (χ2n) is 9.71. The molecule has 0 radical (unpaired) electrons. The summed E-state index contributed by atoms with van der Waals surface area (Å²) in [6.45, 7) is 4.14. The van der Waals surface area contributed by atoms with Crippen LogP contribution in [0.3, 0.4) is 0 Å². The van der Waals surface area contributed by atoms with Crippen LogP contribution in [0.15, 0.2) is 29.9 Å². The van der Waals surface area contributed by atoms with Crippen LogP contribution in [0.4, 0.5) is 4.79 Å². The molecule has 3 aromatic rings. The fourth-order valence-corrected chi connectivity index (χ4v) is 6.09. The quantitative estimate of drug-likeness (QED) is 0.471. The highest BCUT2D eigenvalue weighted by Crippen LogP contribution is 2.42. The van der Waals surface area contributed by atoms with Crippen molar-refractivity contribution in [3.8, 4) is 22.8 Å². The van der Waals surface area contributed by atoms with Gasteiger partial charge < -0.3 is 23.8 Å². The maximum Gasteiger partial charge on any atom is 0.410 e. The summed E-state index contributed by atoms with van der Waals surface area (Å²) in [5.74, 6) is 1.34. The molecular weight excluding hydrogens is 490 g/mol. The van der Waals surface area contributed by atoms with Gasteiger partial charge in [0.1, 0.15) is 28.5 Å². The predicted octanol–water partition coefficient (Wildman–Crippen LogP) is 5.04. The van der Waals surface area contributed by atoms with Gasteiger partial charge in [-0.15, -0.1) is 11.3 Å². The van der Waals surface area contributed by atoms with Crippen molar-refractivity contribution in [2.45, 2.75) is 31.5 Å². The minimum absolute atomic E-state index is 0.0440. The van der Waals surface area contributed by atoms with Crippen molar-refractivity contribution < 1.29 is 23.7 Å². The first-order chi connectivity index (χ1) is 16.9. The smallest absolute Gasteiger partial charge is 0.410 e. The molecule has 2 aliphatic heterocycles. The van der Waals surface area contributed by atoms with E-state index in [1.165, 1.54) is 17.7 Å². The van der Waals surface area contributed by atoms with Gasteiger partial charge in [-0.05, 0) is 38.0 Å². The van der Waals surface area contributed by atoms with Crippen LogP contribution in [0.5, 0.6) is 11.6 Å². The fourth-order valence-electron chi connectivity index (χ4n) is 4.87. The van der Waals surface area contributed by atoms with E-state index in [-0.39, 0.29) is 29.6 Å². The molecule has 2 unspecified atom stereocenters. The van der Waals surface area contributed by atoms with Gasteiger partial charge in [-0.2, -0.15) is 0 Å². The molecule has 6 rings (SSSR count). The normalized spacial score (nSPS) is 24.8. The van der Waals surface area contributed by atoms with Crippen LogP contribution in [0.1, 0.15) is 19.8 Å². The maximum atomic E-state index is 12.7. The van der Waals surface area contributed by atoms with E-state index >= 15 is 0 Å². The number of ether oxygens (including phenoxy) is 4. The summed E-state index contributed by atoms with van der Waals surface area (Å²) in [5, 5.41) is 2.62. The lowest BCUT2D eigenvalue weighted by molar-refractivity contribution is -0.111. The number of hydrogen-bond acceptors (Lipinski definition) is 8. The molecule has 0 N–H and O–H groups in total. The number of rotatable bonds is 5. The molecule has 1 aliphatic carbocycles. The minimum Gasteiger partial charge on any atom is -0.497 e. The van der Waals surface area contributed by atoms with Gasteiger partial charge >= 0.3 is 6.09 Å². The van der Waals surface area contributed by atoms with E-state index < -0.39 is 0 Å². The number of benzene rings is 1. The average molecular weight is 516 g/mol. The minimum atomic E-state index is -0.285. The number of hydrogen-bond donors (Lipinski definition) is 0. The molecule has 1 saturated carbocycles. The third-order valence-corrected chi connectivity index (χ3v) is 8.35. The lowest BCUT2D eigenvalue weighted by Crippen LogP contribution is -2.59. The fraction of sp³-hybridized carbons (Fsp3) is 0.480. The van der Waals surface area contributed by atoms with Gasteiger partial charge in [-0.3, -0.25) is 0 Å². The number of piperidine rings is 1. The van der Waals surface area contributed by atoms with Crippen molar-refractivity contribution in [2.24, 2.45) is 11.8 Å². The molecule has 2 saturated heterocycles. The lowest BCUT2D eigenvalue weighted by Gasteiger charge is -2.46. The molecule has 2 bridgehead atoms. The number of fused-ring (bicyclic) bond motifs is 3. The molecule has 4 heterocycles. The molecule has 2 aromatic heterocycles. The number of amides is 1. The Morgan fingerprint density at radius 1 is 1.20 bits per heavy atom. The second-order valence-corrected chi connectivity index (χ2v) is 11.0. The van der Waals surface area contributed by atoms with Crippen LogP contribution in [0.25, 0.3) is 21.3 Å². The molecule has 3 fully saturated rings. The molecule has 10 heteroatoms. The second kappa shape index (κ2) is 8.80. The number of carbonyl (C=O) groups is 1. The average Bonchev–Trinajstić information content (AvgIpc) is 3.40. The van der Waals surface area contributed by atoms with Crippen LogP contribution in [-0.2, 0) is 9.47 Å². The van der Waals surface area contributed by atoms with Crippen molar-refractivity contribution in [2.75, 3.05) is 33.4 Å². The molecule has 0 spiro atoms. The third-order valence-electron chi connectivity index (χ3n) is 7.08. The monoisotopic (exact) mass is 515 g/mol. The lowest BCUT2D eigenvalue weighted by atomic mass is 9.84. The van der Waals surface area contributed by atoms with Crippen molar-refractivity contribution >= 4 is 39.2 Å². The summed E-state index contributed by atoms with van der Waals surface area (Å²) >= 11 is 8.07. The van der Waals surface area contributed by atoms with Crippen molar-refractivity contribution in [3.05, 3.63) is 34.9 Å². The molecule has 2 atom stereocenters. The van der Waals surface area contributed by atoms with Gasteiger partial charge in [-0.1, -0.05) is 11.6 Å². The van der Waals surface area contributed by atoms with Crippen LogP contribution in [0, 0.1) is 11.8 Å². The molecule has 1 aromatic carbocycles. The number of likely N-dealkylation sites (tertiary alicyclic amines) is 1. The van der Waals surface area contributed by atoms with Gasteiger partial charge in [0.15, 0.2) is 0 Å². The molecule has 1 amide bonds. The SMILES string of the molecule is COc1ccc(-c2csc3c(OC4C5COCC4CN(C(=O)OC4(C)CC4)C5)ncnc23)c(Cl)c1. The van der Waals surface area contributed by atoms with Crippen LogP contribution in [0.2, 0.25) is 5.02 Å². The predicted molar refractivity (Wildman–Crippen MR) is 132 cm³/mol. The Balaban J connectivity index is 1.24. The number of thiophene rings is 1. The first-order valence-electron chi connectivity index (χ1n) is 11.7. The Kier molecular flexibility index (Phi) is 5.74. The maximum absolute atomic E-state index is 12.7. The zero-order chi connectivity index (χ0) is 24.2. The standard InChI is InChI=1S/C25H26ClN3O5S/c1-25(5-6-25)34-24(30)29-8-14-10-32-11-15(9-29)21(14)33-23-22-20(27-13-28-23)18(12-35-22)17-4-3-16(31-2)7-19(17)26/h3-4,7,12-15,21H,5-6,8-11H2,1-2H3. The number of aromatic nitrogens is 2. The van der Waals surface area contributed by atoms with E-state index in [1.54, 1.807) is 13.2 Å². The first-order valence-corrected chi connectivity index (χ1v) is 13.0. The molecule has 3 aliphatic rings. The largest absolute Gasteiger partial charge is 0.497 e. The van der Waals surface area contributed by atoms with E-state index in [0.29, 0.717) is 43.0 Å². The van der Waals surface area contributed by atoms with Crippen molar-refractivity contribution in [1.82, 2.24) is 14.9 Å². The van der Waals surface area contributed by atoms with Crippen molar-refractivity contribution in [1.29, 1.82) is 0 Å². The Bertz CT molecular complexity index is 1270. The third kappa shape index (κ3) is 4.30. The van der Waals surface area contributed by atoms with E-state index in [0.717, 1.165) is 34.2 Å². The summed E-state index contributed by atoms with van der Waals surface area (Å²) in [4.78, 5) is 23.5. The summed E-state index contributed by atoms with van der Waals surface area (Å²) in [7, 11) is 1.61. The van der Waals surface area contributed by atoms with Crippen LogP contribution >= 0.6 is 22.9 Å². The Hall–Kier alpha value is -2.62. The van der Waals surface area contributed by atoms with Gasteiger partial charge in [0.05, 0.1) is 30.9 Å². The molecular formula is C25H26ClN3O5S. The summed E-state index contributed by atoms with van der Waals surface area (Å²) in [6.07, 6.45) is 3.06. The summed E-state index contributed by atoms with van der Waals surface area (Å²) in [5.41, 5.74) is 2.32. The van der Waals surface area contributed by atoms with Gasteiger partial charge in [0, 0.05) is 41.4 Å². The number of nitrogens with zero attached hydrogens (tertiary/aromatic N) is 3. The first kappa shape index (κ1) is 22.8. The summed E-state index contributed by atoms with van der Waals surface area (Å²) < 4.78 is 24.2. The highest BCUT2D eigenvalue weighted by molar-refractivity contribution is 7.18. The Labute approximate surface area is 212 Å². The highest BCUT2D eigenvalue weighted by atomic mass is 35.5. The Morgan fingerprint density at radius 3 is 2.66 bits per heavy atom. The van der Waals surface area contributed by atoms with Gasteiger partial charge in [-0.25, -0.2) is 14.8 Å².